The molecule has 1 aromatic heterocycles. The molecule has 0 radical (unpaired) electrons. The number of halogens is 2. The molecule has 0 atom stereocenters. The second-order valence-corrected chi connectivity index (χ2v) is 3.70. The van der Waals surface area contributed by atoms with Crippen molar-refractivity contribution in [3.63, 3.8) is 0 Å². The van der Waals surface area contributed by atoms with Crippen LogP contribution in [0, 0.1) is 18.8 Å². The molecule has 1 aromatic carbocycles. The Morgan fingerprint density at radius 2 is 1.67 bits per heavy atom. The Hall–Kier alpha value is -2.30. The zero-order chi connectivity index (χ0) is 13.1. The van der Waals surface area contributed by atoms with E-state index in [0.29, 0.717) is 5.75 Å². The van der Waals surface area contributed by atoms with E-state index in [1.807, 2.05) is 6.92 Å². The van der Waals surface area contributed by atoms with Crippen LogP contribution in [0.2, 0.25) is 0 Å². The first-order chi connectivity index (χ1) is 8.54. The fourth-order valence-electron chi connectivity index (χ4n) is 1.36. The average molecular weight is 249 g/mol. The van der Waals surface area contributed by atoms with Gasteiger partial charge in [0.15, 0.2) is 0 Å². The Morgan fingerprint density at radius 3 is 2.22 bits per heavy atom. The molecular weight excluding hydrogens is 240 g/mol. The molecule has 0 aliphatic heterocycles. The standard InChI is InChI=1S/C13H9F2NO2/c1-8-2-4-10(5-3-8)18-13(17)9-6-11(14)16-12(15)7-9/h2-7H,1H3. The van der Waals surface area contributed by atoms with Crippen LogP contribution in [0.5, 0.6) is 5.75 Å². The summed E-state index contributed by atoms with van der Waals surface area (Å²) in [7, 11) is 0. The van der Waals surface area contributed by atoms with Gasteiger partial charge in [-0.25, -0.2) is 4.79 Å². The molecule has 2 rings (SSSR count). The smallest absolute Gasteiger partial charge is 0.343 e. The number of aromatic nitrogens is 1. The molecule has 0 aliphatic rings. The topological polar surface area (TPSA) is 39.2 Å². The highest BCUT2D eigenvalue weighted by molar-refractivity contribution is 5.90. The molecule has 2 aromatic rings. The highest BCUT2D eigenvalue weighted by atomic mass is 19.1. The third kappa shape index (κ3) is 2.88. The van der Waals surface area contributed by atoms with Crippen molar-refractivity contribution in [2.45, 2.75) is 6.92 Å². The highest BCUT2D eigenvalue weighted by Crippen LogP contribution is 2.14. The van der Waals surface area contributed by atoms with Crippen molar-refractivity contribution in [1.29, 1.82) is 0 Å². The Kier molecular flexibility index (Phi) is 3.32. The Labute approximate surface area is 102 Å². The van der Waals surface area contributed by atoms with Gasteiger partial charge in [-0.2, -0.15) is 13.8 Å². The average Bonchev–Trinajstić information content (AvgIpc) is 2.31. The summed E-state index contributed by atoms with van der Waals surface area (Å²) in [5, 5.41) is 0. The van der Waals surface area contributed by atoms with Crippen LogP contribution < -0.4 is 4.74 Å². The maximum atomic E-state index is 12.8. The van der Waals surface area contributed by atoms with Crippen LogP contribution in [-0.2, 0) is 0 Å². The van der Waals surface area contributed by atoms with Gasteiger partial charge in [-0.05, 0) is 19.1 Å². The van der Waals surface area contributed by atoms with Gasteiger partial charge in [0.2, 0.25) is 11.9 Å². The molecule has 3 nitrogen and oxygen atoms in total. The Balaban J connectivity index is 2.19. The SMILES string of the molecule is Cc1ccc(OC(=O)c2cc(F)nc(F)c2)cc1. The predicted octanol–water partition coefficient (Wildman–Crippen LogP) is 2.89. The van der Waals surface area contributed by atoms with Crippen LogP contribution >= 0.6 is 0 Å². The lowest BCUT2D eigenvalue weighted by Crippen LogP contribution is -2.10. The van der Waals surface area contributed by atoms with E-state index in [0.717, 1.165) is 17.7 Å². The van der Waals surface area contributed by atoms with E-state index in [4.69, 9.17) is 4.74 Å². The van der Waals surface area contributed by atoms with E-state index in [1.165, 1.54) is 0 Å². The van der Waals surface area contributed by atoms with Crippen molar-refractivity contribution >= 4 is 5.97 Å². The molecule has 0 saturated heterocycles. The minimum Gasteiger partial charge on any atom is -0.423 e. The third-order valence-corrected chi connectivity index (χ3v) is 2.23. The quantitative estimate of drug-likeness (QED) is 0.466. The molecular formula is C13H9F2NO2. The molecule has 0 aliphatic carbocycles. The first-order valence-electron chi connectivity index (χ1n) is 5.16. The summed E-state index contributed by atoms with van der Waals surface area (Å²) in [5.41, 5.74) is 0.788. The number of carbonyl (C=O) groups excluding carboxylic acids is 1. The molecule has 0 spiro atoms. The second-order valence-electron chi connectivity index (χ2n) is 3.70. The van der Waals surface area contributed by atoms with E-state index >= 15 is 0 Å². The van der Waals surface area contributed by atoms with Crippen LogP contribution in [0.25, 0.3) is 0 Å². The van der Waals surface area contributed by atoms with Gasteiger partial charge in [0.1, 0.15) is 5.75 Å². The number of rotatable bonds is 2. The van der Waals surface area contributed by atoms with E-state index in [2.05, 4.69) is 4.98 Å². The summed E-state index contributed by atoms with van der Waals surface area (Å²) in [5.74, 6) is -2.65. The summed E-state index contributed by atoms with van der Waals surface area (Å²) < 4.78 is 30.6. The van der Waals surface area contributed by atoms with E-state index in [1.54, 1.807) is 24.3 Å². The number of ether oxygens (including phenoxy) is 1. The molecule has 0 N–H and O–H groups in total. The largest absolute Gasteiger partial charge is 0.423 e. The zero-order valence-corrected chi connectivity index (χ0v) is 9.48. The highest BCUT2D eigenvalue weighted by Gasteiger charge is 2.12. The van der Waals surface area contributed by atoms with Crippen LogP contribution in [0.4, 0.5) is 8.78 Å². The lowest BCUT2D eigenvalue weighted by molar-refractivity contribution is 0.0733. The molecule has 0 unspecified atom stereocenters. The van der Waals surface area contributed by atoms with Gasteiger partial charge >= 0.3 is 5.97 Å². The van der Waals surface area contributed by atoms with Gasteiger partial charge in [-0.15, -0.1) is 0 Å². The van der Waals surface area contributed by atoms with Crippen molar-refractivity contribution in [1.82, 2.24) is 4.98 Å². The predicted molar refractivity (Wildman–Crippen MR) is 60.3 cm³/mol. The lowest BCUT2D eigenvalue weighted by atomic mass is 10.2. The first-order valence-corrected chi connectivity index (χ1v) is 5.16. The molecule has 0 bridgehead atoms. The maximum Gasteiger partial charge on any atom is 0.343 e. The number of aryl methyl sites for hydroxylation is 1. The summed E-state index contributed by atoms with van der Waals surface area (Å²) in [4.78, 5) is 14.5. The Morgan fingerprint density at radius 1 is 1.11 bits per heavy atom. The molecule has 18 heavy (non-hydrogen) atoms. The van der Waals surface area contributed by atoms with Crippen LogP contribution in [-0.4, -0.2) is 11.0 Å². The fraction of sp³-hybridized carbons (Fsp3) is 0.0769. The number of hydrogen-bond donors (Lipinski definition) is 0. The monoisotopic (exact) mass is 249 g/mol. The lowest BCUT2D eigenvalue weighted by Gasteiger charge is -2.04. The number of pyridine rings is 1. The second kappa shape index (κ2) is 4.91. The van der Waals surface area contributed by atoms with E-state index in [9.17, 15) is 13.6 Å². The number of nitrogens with zero attached hydrogens (tertiary/aromatic N) is 1. The summed E-state index contributed by atoms with van der Waals surface area (Å²) >= 11 is 0. The molecule has 0 saturated carbocycles. The number of esters is 1. The molecule has 0 amide bonds. The van der Waals surface area contributed by atoms with Crippen LogP contribution in [0.15, 0.2) is 36.4 Å². The molecule has 0 fully saturated rings. The number of carbonyl (C=O) groups is 1. The summed E-state index contributed by atoms with van der Waals surface area (Å²) in [6.45, 7) is 1.89. The fourth-order valence-corrected chi connectivity index (χ4v) is 1.36. The Bertz CT molecular complexity index is 562. The van der Waals surface area contributed by atoms with Gasteiger partial charge in [-0.1, -0.05) is 17.7 Å². The molecule has 92 valence electrons. The van der Waals surface area contributed by atoms with Gasteiger partial charge in [-0.3, -0.25) is 0 Å². The minimum atomic E-state index is -1.06. The van der Waals surface area contributed by atoms with Crippen LogP contribution in [0.3, 0.4) is 0 Å². The van der Waals surface area contributed by atoms with Crippen LogP contribution in [0.1, 0.15) is 15.9 Å². The van der Waals surface area contributed by atoms with Gasteiger partial charge in [0.25, 0.3) is 0 Å². The van der Waals surface area contributed by atoms with Gasteiger partial charge in [0.05, 0.1) is 5.56 Å². The maximum absolute atomic E-state index is 12.8. The van der Waals surface area contributed by atoms with Gasteiger partial charge in [0, 0.05) is 12.1 Å². The van der Waals surface area contributed by atoms with Crippen molar-refractivity contribution in [3.05, 3.63) is 59.4 Å². The molecule has 5 heteroatoms. The number of benzene rings is 1. The summed E-state index contributed by atoms with van der Waals surface area (Å²) in [6, 6.07) is 8.36. The van der Waals surface area contributed by atoms with Gasteiger partial charge < -0.3 is 4.74 Å². The van der Waals surface area contributed by atoms with Crippen molar-refractivity contribution in [2.75, 3.05) is 0 Å². The zero-order valence-electron chi connectivity index (χ0n) is 9.48. The van der Waals surface area contributed by atoms with E-state index in [-0.39, 0.29) is 5.56 Å². The normalized spacial score (nSPS) is 10.2. The van der Waals surface area contributed by atoms with E-state index < -0.39 is 17.9 Å². The first kappa shape index (κ1) is 12.2. The molecule has 1 heterocycles. The minimum absolute atomic E-state index is 0.222. The van der Waals surface area contributed by atoms with Crippen molar-refractivity contribution in [2.24, 2.45) is 0 Å². The van der Waals surface area contributed by atoms with Crippen molar-refractivity contribution < 1.29 is 18.3 Å². The third-order valence-electron chi connectivity index (χ3n) is 2.23. The van der Waals surface area contributed by atoms with Crippen molar-refractivity contribution in [3.8, 4) is 5.75 Å². The number of hydrogen-bond acceptors (Lipinski definition) is 3. The summed E-state index contributed by atoms with van der Waals surface area (Å²) in [6.07, 6.45) is 0.